The Morgan fingerprint density at radius 3 is 2.58 bits per heavy atom. The Morgan fingerprint density at radius 2 is 1.90 bits per heavy atom. The highest BCUT2D eigenvalue weighted by atomic mass is 19.3. The van der Waals surface area contributed by atoms with E-state index in [9.17, 15) is 23.1 Å². The molecule has 2 aliphatic heterocycles. The van der Waals surface area contributed by atoms with Gasteiger partial charge in [0.1, 0.15) is 23.6 Å². The second-order valence-electron chi connectivity index (χ2n) is 9.77. The molecule has 40 heavy (non-hydrogen) atoms. The normalized spacial score (nSPS) is 18.3. The number of halogens is 4. The number of aromatic nitrogens is 5. The molecule has 0 aliphatic carbocycles. The summed E-state index contributed by atoms with van der Waals surface area (Å²) in [5, 5.41) is 16.2. The predicted octanol–water partition coefficient (Wildman–Crippen LogP) is 3.82. The zero-order valence-corrected chi connectivity index (χ0v) is 21.0. The topological polar surface area (TPSA) is 125 Å². The third kappa shape index (κ3) is 4.80. The molecule has 15 heteroatoms. The number of nitrogens with one attached hydrogen (secondary N) is 1. The number of alkyl halides is 2. The number of piperidine rings is 1. The van der Waals surface area contributed by atoms with Gasteiger partial charge in [-0.25, -0.2) is 18.7 Å². The number of hydrogen-bond acceptors (Lipinski definition) is 9. The van der Waals surface area contributed by atoms with E-state index < -0.39 is 30.1 Å². The second-order valence-corrected chi connectivity index (χ2v) is 9.77. The highest BCUT2D eigenvalue weighted by Gasteiger charge is 2.29. The van der Waals surface area contributed by atoms with Gasteiger partial charge in [0.05, 0.1) is 17.2 Å². The third-order valence-corrected chi connectivity index (χ3v) is 7.24. The van der Waals surface area contributed by atoms with E-state index in [4.69, 9.17) is 0 Å². The third-order valence-electron chi connectivity index (χ3n) is 7.24. The minimum Gasteiger partial charge on any atom is -0.391 e. The number of carbonyl (C=O) groups excluding carboxylic acids is 1. The van der Waals surface area contributed by atoms with Gasteiger partial charge in [-0.05, 0) is 42.6 Å². The molecule has 4 aromatic rings. The van der Waals surface area contributed by atoms with E-state index in [-0.39, 0.29) is 46.9 Å². The molecule has 2 N–H and O–H groups in total. The monoisotopic (exact) mass is 560 g/mol. The molecule has 1 aromatic carbocycles. The van der Waals surface area contributed by atoms with Crippen LogP contribution in [0.3, 0.4) is 0 Å². The first kappa shape index (κ1) is 26.0. The number of fused-ring (bicyclic) bond motifs is 1. The van der Waals surface area contributed by atoms with Crippen LogP contribution in [0, 0.1) is 11.6 Å². The highest BCUT2D eigenvalue weighted by molar-refractivity contribution is 5.95. The summed E-state index contributed by atoms with van der Waals surface area (Å²) in [6, 6.07) is 3.78. The molecule has 0 bridgehead atoms. The summed E-state index contributed by atoms with van der Waals surface area (Å²) in [6.45, 7) is 1.45. The number of benzene rings is 1. The second kappa shape index (κ2) is 10.4. The van der Waals surface area contributed by atoms with E-state index in [1.165, 1.54) is 29.6 Å². The molecule has 5 heterocycles. The Kier molecular flexibility index (Phi) is 6.73. The minimum absolute atomic E-state index is 0.00161. The maximum atomic E-state index is 15.2. The van der Waals surface area contributed by atoms with Gasteiger partial charge in [-0.15, -0.1) is 0 Å². The molecular weight excluding hydrogens is 536 g/mol. The number of amides is 1. The Labute approximate surface area is 224 Å². The van der Waals surface area contributed by atoms with Gasteiger partial charge < -0.3 is 29.3 Å². The number of anilines is 3. The van der Waals surface area contributed by atoms with Crippen LogP contribution in [-0.2, 0) is 0 Å². The van der Waals surface area contributed by atoms with Gasteiger partial charge in [0.25, 0.3) is 17.7 Å². The molecule has 3 aromatic heterocycles. The number of aliphatic hydroxyl groups is 1. The van der Waals surface area contributed by atoms with Gasteiger partial charge in [-0.3, -0.25) is 4.79 Å². The number of nitrogens with zero attached hydrogens (tertiary/aromatic N) is 7. The molecule has 210 valence electrons. The van der Waals surface area contributed by atoms with E-state index >= 15 is 4.39 Å². The number of likely N-dealkylation sites (tertiary alicyclic amines) is 1. The SMILES string of the molecule is O=C(c1ccc(Nc2ncnc3c2c(F)cn3C2CCN(c3noc(C(F)F)n3)CC2)c(F)c1)N1CC[C@@H](O)C1. The fourth-order valence-corrected chi connectivity index (χ4v) is 5.19. The predicted molar refractivity (Wildman–Crippen MR) is 133 cm³/mol. The zero-order valence-electron chi connectivity index (χ0n) is 21.0. The number of β-amino-alcohol motifs (C(OH)–C–C–N with tert-alkyl or cyclic N) is 1. The summed E-state index contributed by atoms with van der Waals surface area (Å²) >= 11 is 0. The molecule has 1 atom stereocenters. The van der Waals surface area contributed by atoms with E-state index in [0.717, 1.165) is 6.07 Å². The standard InChI is InChI=1S/C25H24F4N8O3/c26-16-9-13(24(39)36-8-5-15(38)10-36)1-2-18(16)32-21-19-17(27)11-37(22(19)31-12-30-21)14-3-6-35(7-4-14)25-33-23(20(28)29)40-34-25/h1-2,9,11-12,14-15,20,38H,3-8,10H2,(H,30,31,32)/t15-/m1/s1. The highest BCUT2D eigenvalue weighted by Crippen LogP contribution is 2.34. The first-order valence-corrected chi connectivity index (χ1v) is 12.7. The molecule has 1 amide bonds. The van der Waals surface area contributed by atoms with Gasteiger partial charge in [-0.1, -0.05) is 0 Å². The van der Waals surface area contributed by atoms with Crippen LogP contribution in [0.5, 0.6) is 0 Å². The molecule has 0 saturated carbocycles. The quantitative estimate of drug-likeness (QED) is 0.339. The van der Waals surface area contributed by atoms with Crippen molar-refractivity contribution in [3.05, 3.63) is 53.8 Å². The van der Waals surface area contributed by atoms with E-state index in [1.807, 2.05) is 0 Å². The van der Waals surface area contributed by atoms with Crippen molar-refractivity contribution < 1.29 is 32.0 Å². The largest absolute Gasteiger partial charge is 0.391 e. The van der Waals surface area contributed by atoms with Crippen molar-refractivity contribution >= 4 is 34.4 Å². The van der Waals surface area contributed by atoms with E-state index in [0.29, 0.717) is 44.5 Å². The number of hydrogen-bond donors (Lipinski definition) is 2. The molecule has 2 fully saturated rings. The fourth-order valence-electron chi connectivity index (χ4n) is 5.19. The summed E-state index contributed by atoms with van der Waals surface area (Å²) < 4.78 is 62.0. The summed E-state index contributed by atoms with van der Waals surface area (Å²) in [5.41, 5.74) is 0.453. The Hall–Kier alpha value is -4.27. The smallest absolute Gasteiger partial charge is 0.316 e. The van der Waals surface area contributed by atoms with Gasteiger partial charge in [-0.2, -0.15) is 13.8 Å². The molecule has 0 radical (unpaired) electrons. The van der Waals surface area contributed by atoms with Crippen LogP contribution in [0.1, 0.15) is 48.0 Å². The summed E-state index contributed by atoms with van der Waals surface area (Å²) in [7, 11) is 0. The van der Waals surface area contributed by atoms with Crippen molar-refractivity contribution in [3.63, 3.8) is 0 Å². The number of carbonyl (C=O) groups is 1. The van der Waals surface area contributed by atoms with Gasteiger partial charge in [0.2, 0.25) is 0 Å². The van der Waals surface area contributed by atoms with Crippen LogP contribution in [0.25, 0.3) is 11.0 Å². The van der Waals surface area contributed by atoms with Crippen LogP contribution in [-0.4, -0.2) is 72.9 Å². The Balaban J connectivity index is 1.19. The van der Waals surface area contributed by atoms with Gasteiger partial charge >= 0.3 is 6.43 Å². The van der Waals surface area contributed by atoms with Crippen molar-refractivity contribution in [2.75, 3.05) is 36.4 Å². The van der Waals surface area contributed by atoms with Crippen LogP contribution in [0.15, 0.2) is 35.2 Å². The molecule has 0 spiro atoms. The van der Waals surface area contributed by atoms with E-state index in [1.54, 1.807) is 9.47 Å². The lowest BCUT2D eigenvalue weighted by Crippen LogP contribution is -2.35. The molecule has 11 nitrogen and oxygen atoms in total. The molecule has 2 aliphatic rings. The van der Waals surface area contributed by atoms with E-state index in [2.05, 4.69) is 29.9 Å². The first-order chi connectivity index (χ1) is 19.3. The lowest BCUT2D eigenvalue weighted by atomic mass is 10.1. The van der Waals surface area contributed by atoms with Crippen LogP contribution in [0.4, 0.5) is 35.0 Å². The Bertz CT molecular complexity index is 1550. The van der Waals surface area contributed by atoms with Gasteiger partial charge in [0, 0.05) is 44.0 Å². The Morgan fingerprint density at radius 1 is 1.10 bits per heavy atom. The number of rotatable bonds is 6. The number of aliphatic hydroxyl groups excluding tert-OH is 1. The molecule has 0 unspecified atom stereocenters. The van der Waals surface area contributed by atoms with Crippen molar-refractivity contribution in [3.8, 4) is 0 Å². The van der Waals surface area contributed by atoms with Crippen LogP contribution >= 0.6 is 0 Å². The van der Waals surface area contributed by atoms with Crippen molar-refractivity contribution in [1.29, 1.82) is 0 Å². The summed E-state index contributed by atoms with van der Waals surface area (Å²) in [6.07, 6.45) is 0.666. The lowest BCUT2D eigenvalue weighted by Gasteiger charge is -2.31. The maximum Gasteiger partial charge on any atom is 0.316 e. The molecule has 6 rings (SSSR count). The average molecular weight is 561 g/mol. The summed E-state index contributed by atoms with van der Waals surface area (Å²) in [4.78, 5) is 27.9. The first-order valence-electron chi connectivity index (χ1n) is 12.7. The maximum absolute atomic E-state index is 15.2. The average Bonchev–Trinajstić information content (AvgIpc) is 3.69. The molecular formula is C25H24F4N8O3. The fraction of sp³-hybridized carbons (Fsp3) is 0.400. The minimum atomic E-state index is -2.85. The lowest BCUT2D eigenvalue weighted by molar-refractivity contribution is 0.0764. The van der Waals surface area contributed by atoms with Crippen molar-refractivity contribution in [1.82, 2.24) is 29.6 Å². The van der Waals surface area contributed by atoms with Gasteiger partial charge in [0.15, 0.2) is 5.82 Å². The zero-order chi connectivity index (χ0) is 28.0. The van der Waals surface area contributed by atoms with Crippen LogP contribution < -0.4 is 10.2 Å². The molecule has 2 saturated heterocycles. The summed E-state index contributed by atoms with van der Waals surface area (Å²) in [5.74, 6) is -2.29. The van der Waals surface area contributed by atoms with Crippen LogP contribution in [0.2, 0.25) is 0 Å². The van der Waals surface area contributed by atoms with Crippen molar-refractivity contribution in [2.45, 2.75) is 37.8 Å². The van der Waals surface area contributed by atoms with Crippen molar-refractivity contribution in [2.24, 2.45) is 0 Å².